The van der Waals surface area contributed by atoms with Gasteiger partial charge in [0.2, 0.25) is 5.91 Å². The second-order valence-electron chi connectivity index (χ2n) is 7.61. The Balaban J connectivity index is 3.65. The van der Waals surface area contributed by atoms with E-state index in [4.69, 9.17) is 10.5 Å². The molecule has 0 saturated heterocycles. The molecule has 0 aromatic heterocycles. The van der Waals surface area contributed by atoms with Crippen LogP contribution in [0.5, 0.6) is 5.75 Å². The number of carbonyl (C=O) groups excluding carboxylic acids is 1. The van der Waals surface area contributed by atoms with E-state index in [9.17, 15) is 4.79 Å². The predicted octanol–water partition coefficient (Wildman–Crippen LogP) is 4.17. The van der Waals surface area contributed by atoms with Gasteiger partial charge >= 0.3 is 0 Å². The molecule has 21 heavy (non-hydrogen) atoms. The van der Waals surface area contributed by atoms with Crippen LogP contribution in [-0.4, -0.2) is 12.5 Å². The zero-order chi connectivity index (χ0) is 16.4. The van der Waals surface area contributed by atoms with Gasteiger partial charge in [-0.05, 0) is 29.4 Å². The zero-order valence-corrected chi connectivity index (χ0v) is 14.5. The van der Waals surface area contributed by atoms with Crippen molar-refractivity contribution in [1.29, 1.82) is 0 Å². The first-order valence-corrected chi connectivity index (χ1v) is 7.60. The highest BCUT2D eigenvalue weighted by Gasteiger charge is 2.28. The van der Waals surface area contributed by atoms with Gasteiger partial charge in [-0.2, -0.15) is 0 Å². The lowest BCUT2D eigenvalue weighted by atomic mass is 9.78. The summed E-state index contributed by atoms with van der Waals surface area (Å²) in [6, 6.07) is 3.76. The molecular weight excluding hydrogens is 262 g/mol. The third-order valence-corrected chi connectivity index (χ3v) is 3.44. The topological polar surface area (TPSA) is 52.3 Å². The van der Waals surface area contributed by atoms with Gasteiger partial charge in [-0.15, -0.1) is 0 Å². The number of primary amides is 1. The first-order valence-electron chi connectivity index (χ1n) is 7.60. The first kappa shape index (κ1) is 17.5. The summed E-state index contributed by atoms with van der Waals surface area (Å²) < 4.78 is 6.05. The average molecular weight is 291 g/mol. The number of amides is 1. The van der Waals surface area contributed by atoms with E-state index < -0.39 is 5.91 Å². The predicted molar refractivity (Wildman–Crippen MR) is 88.1 cm³/mol. The zero-order valence-electron chi connectivity index (χ0n) is 14.5. The van der Waals surface area contributed by atoms with E-state index in [0.29, 0.717) is 12.2 Å². The summed E-state index contributed by atoms with van der Waals surface area (Å²) in [6.07, 6.45) is 0.949. The maximum absolute atomic E-state index is 11.7. The van der Waals surface area contributed by atoms with Crippen LogP contribution in [0.3, 0.4) is 0 Å². The van der Waals surface area contributed by atoms with E-state index in [0.717, 1.165) is 23.3 Å². The van der Waals surface area contributed by atoms with E-state index in [1.807, 2.05) is 12.1 Å². The Hall–Kier alpha value is -1.51. The van der Waals surface area contributed by atoms with E-state index in [1.165, 1.54) is 0 Å². The number of benzene rings is 1. The maximum Gasteiger partial charge on any atom is 0.248 e. The van der Waals surface area contributed by atoms with Crippen LogP contribution in [-0.2, 0) is 10.8 Å². The largest absolute Gasteiger partial charge is 0.493 e. The average Bonchev–Trinajstić information content (AvgIpc) is 2.32. The number of carbonyl (C=O) groups is 1. The number of nitrogens with two attached hydrogens (primary N) is 1. The van der Waals surface area contributed by atoms with Crippen molar-refractivity contribution in [3.8, 4) is 5.75 Å². The minimum absolute atomic E-state index is 0.117. The van der Waals surface area contributed by atoms with Gasteiger partial charge in [0.25, 0.3) is 0 Å². The molecule has 0 aliphatic heterocycles. The molecule has 1 rings (SSSR count). The molecule has 2 N–H and O–H groups in total. The third kappa shape index (κ3) is 4.23. The standard InChI is InChI=1S/C18H29NO2/c1-8-9-21-15-13(17(2,3)4)10-12(16(19)20)11-14(15)18(5,6)7/h10-11H,8-9H2,1-7H3,(H2,19,20). The smallest absolute Gasteiger partial charge is 0.248 e. The van der Waals surface area contributed by atoms with Gasteiger partial charge in [0.1, 0.15) is 5.75 Å². The Morgan fingerprint density at radius 3 is 1.76 bits per heavy atom. The van der Waals surface area contributed by atoms with Crippen molar-refractivity contribution < 1.29 is 9.53 Å². The summed E-state index contributed by atoms with van der Waals surface area (Å²) in [5.74, 6) is 0.509. The Labute approximate surface area is 128 Å². The molecule has 0 bridgehead atoms. The van der Waals surface area contributed by atoms with Crippen LogP contribution in [0.25, 0.3) is 0 Å². The van der Waals surface area contributed by atoms with Crippen molar-refractivity contribution in [3.05, 3.63) is 28.8 Å². The Morgan fingerprint density at radius 1 is 1.05 bits per heavy atom. The molecule has 0 heterocycles. The fourth-order valence-corrected chi connectivity index (χ4v) is 2.24. The highest BCUT2D eigenvalue weighted by molar-refractivity contribution is 5.93. The van der Waals surface area contributed by atoms with Crippen LogP contribution in [0.2, 0.25) is 0 Å². The second kappa shape index (κ2) is 6.08. The highest BCUT2D eigenvalue weighted by Crippen LogP contribution is 2.40. The van der Waals surface area contributed by atoms with Crippen LogP contribution in [0, 0.1) is 0 Å². The summed E-state index contributed by atoms with van der Waals surface area (Å²) in [4.78, 5) is 11.7. The lowest BCUT2D eigenvalue weighted by Crippen LogP contribution is -2.22. The van der Waals surface area contributed by atoms with Crippen molar-refractivity contribution >= 4 is 5.91 Å². The van der Waals surface area contributed by atoms with Crippen LogP contribution < -0.4 is 10.5 Å². The molecule has 0 spiro atoms. The lowest BCUT2D eigenvalue weighted by molar-refractivity contribution is 0.1000. The summed E-state index contributed by atoms with van der Waals surface area (Å²) in [6.45, 7) is 15.5. The molecule has 0 fully saturated rings. The van der Waals surface area contributed by atoms with E-state index in [-0.39, 0.29) is 10.8 Å². The van der Waals surface area contributed by atoms with Crippen molar-refractivity contribution in [2.45, 2.75) is 65.7 Å². The quantitative estimate of drug-likeness (QED) is 0.905. The molecule has 0 radical (unpaired) electrons. The fraction of sp³-hybridized carbons (Fsp3) is 0.611. The van der Waals surface area contributed by atoms with Crippen molar-refractivity contribution in [2.24, 2.45) is 5.73 Å². The van der Waals surface area contributed by atoms with Gasteiger partial charge in [0, 0.05) is 16.7 Å². The lowest BCUT2D eigenvalue weighted by Gasteiger charge is -2.30. The molecule has 3 nitrogen and oxygen atoms in total. The fourth-order valence-electron chi connectivity index (χ4n) is 2.24. The molecule has 0 saturated carbocycles. The monoisotopic (exact) mass is 291 g/mol. The van der Waals surface area contributed by atoms with Gasteiger partial charge in [0.05, 0.1) is 6.61 Å². The number of hydrogen-bond donors (Lipinski definition) is 1. The van der Waals surface area contributed by atoms with Gasteiger partial charge in [-0.1, -0.05) is 48.5 Å². The minimum Gasteiger partial charge on any atom is -0.493 e. The Kier molecular flexibility index (Phi) is 5.08. The Bertz CT molecular complexity index is 484. The molecule has 0 aliphatic carbocycles. The molecule has 1 aromatic rings. The summed E-state index contributed by atoms with van der Waals surface area (Å²) in [7, 11) is 0. The van der Waals surface area contributed by atoms with Crippen LogP contribution in [0.15, 0.2) is 12.1 Å². The van der Waals surface area contributed by atoms with Crippen molar-refractivity contribution in [3.63, 3.8) is 0 Å². The molecule has 118 valence electrons. The van der Waals surface area contributed by atoms with Gasteiger partial charge < -0.3 is 10.5 Å². The molecule has 3 heteroatoms. The SMILES string of the molecule is CCCOc1c(C(C)(C)C)cc(C(N)=O)cc1C(C)(C)C. The summed E-state index contributed by atoms with van der Waals surface area (Å²) in [5, 5.41) is 0. The summed E-state index contributed by atoms with van der Waals surface area (Å²) in [5.41, 5.74) is 7.90. The maximum atomic E-state index is 11.7. The molecule has 0 unspecified atom stereocenters. The van der Waals surface area contributed by atoms with Crippen LogP contribution in [0.4, 0.5) is 0 Å². The van der Waals surface area contributed by atoms with Crippen molar-refractivity contribution in [1.82, 2.24) is 0 Å². The Morgan fingerprint density at radius 2 is 1.48 bits per heavy atom. The second-order valence-corrected chi connectivity index (χ2v) is 7.61. The van der Waals surface area contributed by atoms with E-state index in [1.54, 1.807) is 0 Å². The van der Waals surface area contributed by atoms with Gasteiger partial charge in [0.15, 0.2) is 0 Å². The van der Waals surface area contributed by atoms with Crippen LogP contribution in [0.1, 0.15) is 76.4 Å². The minimum atomic E-state index is -0.395. The number of ether oxygens (including phenoxy) is 1. The highest BCUT2D eigenvalue weighted by atomic mass is 16.5. The molecule has 0 atom stereocenters. The summed E-state index contributed by atoms with van der Waals surface area (Å²) >= 11 is 0. The molecule has 0 aliphatic rings. The van der Waals surface area contributed by atoms with E-state index in [2.05, 4.69) is 48.5 Å². The normalized spacial score (nSPS) is 12.3. The number of rotatable bonds is 4. The molecular formula is C18H29NO2. The number of hydrogen-bond acceptors (Lipinski definition) is 2. The third-order valence-electron chi connectivity index (χ3n) is 3.44. The first-order chi connectivity index (χ1) is 9.48. The molecule has 1 aromatic carbocycles. The van der Waals surface area contributed by atoms with Crippen LogP contribution >= 0.6 is 0 Å². The van der Waals surface area contributed by atoms with Crippen molar-refractivity contribution in [2.75, 3.05) is 6.61 Å². The van der Waals surface area contributed by atoms with Gasteiger partial charge in [-0.3, -0.25) is 4.79 Å². The van der Waals surface area contributed by atoms with E-state index >= 15 is 0 Å². The van der Waals surface area contributed by atoms with Gasteiger partial charge in [-0.25, -0.2) is 0 Å². The molecule has 1 amide bonds.